The Morgan fingerprint density at radius 1 is 1.00 bits per heavy atom. The first-order valence-electron chi connectivity index (χ1n) is 17.6. The Hall–Kier alpha value is -4.92. The van der Waals surface area contributed by atoms with Crippen molar-refractivity contribution in [2.45, 2.75) is 116 Å². The van der Waals surface area contributed by atoms with Crippen LogP contribution in [0.4, 0.5) is 5.82 Å². The van der Waals surface area contributed by atoms with Crippen LogP contribution < -0.4 is 21.1 Å². The van der Waals surface area contributed by atoms with Gasteiger partial charge < -0.3 is 35.1 Å². The number of amides is 2. The minimum atomic E-state index is -1.30. The SMILES string of the molecule is Cc1cc(C)c(C(C)(C)CC(=O)Nc2ccn(C3OC[C@@H](O)[C@@H]3O)c(=O)n2)c(OC(=O)CCCC(=O)NC(Cc2ccccc2)C(=O)OC(C)(C)C)c1. The number of carbonyl (C=O) groups is 4. The minimum absolute atomic E-state index is 0.00566. The molecule has 0 radical (unpaired) electrons. The van der Waals surface area contributed by atoms with E-state index < -0.39 is 64.9 Å². The van der Waals surface area contributed by atoms with Crippen molar-refractivity contribution >= 4 is 29.6 Å². The number of nitrogens with zero attached hydrogens (tertiary/aromatic N) is 2. The Balaban J connectivity index is 1.36. The van der Waals surface area contributed by atoms with Gasteiger partial charge in [-0.25, -0.2) is 9.59 Å². The van der Waals surface area contributed by atoms with Gasteiger partial charge in [-0.15, -0.1) is 0 Å². The van der Waals surface area contributed by atoms with Crippen LogP contribution >= 0.6 is 0 Å². The number of hydrogen-bond donors (Lipinski definition) is 4. The molecule has 0 saturated carbocycles. The highest BCUT2D eigenvalue weighted by Crippen LogP contribution is 2.38. The molecule has 0 aliphatic carbocycles. The van der Waals surface area contributed by atoms with Gasteiger partial charge in [0, 0.05) is 42.9 Å². The summed E-state index contributed by atoms with van der Waals surface area (Å²) in [6.45, 7) is 12.5. The fourth-order valence-corrected chi connectivity index (χ4v) is 6.31. The predicted octanol–water partition coefficient (Wildman–Crippen LogP) is 3.56. The summed E-state index contributed by atoms with van der Waals surface area (Å²) in [4.78, 5) is 68.7. The number of benzene rings is 2. The molecule has 0 bridgehead atoms. The van der Waals surface area contributed by atoms with Gasteiger partial charge in [0.2, 0.25) is 11.8 Å². The van der Waals surface area contributed by atoms with Gasteiger partial charge in [-0.1, -0.05) is 50.2 Å². The van der Waals surface area contributed by atoms with Gasteiger partial charge >= 0.3 is 17.6 Å². The summed E-state index contributed by atoms with van der Waals surface area (Å²) < 4.78 is 17.7. The van der Waals surface area contributed by atoms with Crippen LogP contribution in [0, 0.1) is 13.8 Å². The number of aliphatic hydroxyl groups excluding tert-OH is 2. The first-order valence-corrected chi connectivity index (χ1v) is 17.6. The lowest BCUT2D eigenvalue weighted by molar-refractivity contribution is -0.158. The minimum Gasteiger partial charge on any atom is -0.458 e. The normalized spacial score (nSPS) is 17.9. The van der Waals surface area contributed by atoms with Crippen LogP contribution in [-0.2, 0) is 40.5 Å². The molecule has 0 spiro atoms. The topological polar surface area (TPSA) is 195 Å². The van der Waals surface area contributed by atoms with E-state index in [0.29, 0.717) is 11.3 Å². The molecule has 1 fully saturated rings. The summed E-state index contributed by atoms with van der Waals surface area (Å²) in [5.74, 6) is -1.68. The maximum atomic E-state index is 13.2. The Morgan fingerprint density at radius 2 is 1.70 bits per heavy atom. The molecule has 2 unspecified atom stereocenters. The lowest BCUT2D eigenvalue weighted by atomic mass is 9.78. The summed E-state index contributed by atoms with van der Waals surface area (Å²) in [6.07, 6.45) is -1.96. The van der Waals surface area contributed by atoms with Crippen molar-refractivity contribution in [2.75, 3.05) is 11.9 Å². The van der Waals surface area contributed by atoms with Crippen LogP contribution in [0.5, 0.6) is 5.75 Å². The fraction of sp³-hybridized carbons (Fsp3) is 0.487. The van der Waals surface area contributed by atoms with Crippen molar-refractivity contribution < 1.29 is 43.6 Å². The number of nitrogens with one attached hydrogen (secondary N) is 2. The molecule has 1 aliphatic heterocycles. The van der Waals surface area contributed by atoms with E-state index in [1.54, 1.807) is 26.8 Å². The standard InChI is InChI=1S/C39H50N4O10/c1-23-18-24(2)33(39(6,7)21-31(46)41-29-16-17-43(37(50)42-29)35-34(48)27(44)22-51-35)28(19-23)52-32(47)15-11-14-30(45)40-26(36(49)53-38(3,4)5)20-25-12-9-8-10-13-25/h8-10,12-13,16-19,26-27,34-35,44,48H,11,14-15,20-22H2,1-7H3,(H,40,45)(H,41,42,46,50)/t26?,27-,34+,35?/m1/s1. The van der Waals surface area contributed by atoms with Crippen molar-refractivity contribution in [1.82, 2.24) is 14.9 Å². The molecule has 4 N–H and O–H groups in total. The zero-order chi connectivity index (χ0) is 39.1. The Labute approximate surface area is 308 Å². The zero-order valence-electron chi connectivity index (χ0n) is 31.3. The number of hydrogen-bond acceptors (Lipinski definition) is 11. The molecular weight excluding hydrogens is 684 g/mol. The van der Waals surface area contributed by atoms with E-state index in [1.165, 1.54) is 12.3 Å². The molecule has 14 heteroatoms. The highest BCUT2D eigenvalue weighted by molar-refractivity contribution is 5.91. The Kier molecular flexibility index (Phi) is 13.3. The molecule has 1 saturated heterocycles. The summed E-state index contributed by atoms with van der Waals surface area (Å²) >= 11 is 0. The fourth-order valence-electron chi connectivity index (χ4n) is 6.31. The van der Waals surface area contributed by atoms with Crippen molar-refractivity contribution in [1.29, 1.82) is 0 Å². The van der Waals surface area contributed by atoms with E-state index in [9.17, 15) is 34.2 Å². The second kappa shape index (κ2) is 17.3. The van der Waals surface area contributed by atoms with Crippen molar-refractivity contribution in [3.8, 4) is 5.75 Å². The van der Waals surface area contributed by atoms with Gasteiger partial charge in [-0.05, 0) is 69.9 Å². The third kappa shape index (κ3) is 11.5. The molecule has 4 rings (SSSR count). The van der Waals surface area contributed by atoms with E-state index >= 15 is 0 Å². The van der Waals surface area contributed by atoms with Gasteiger partial charge in [0.25, 0.3) is 0 Å². The summed E-state index contributed by atoms with van der Waals surface area (Å²) in [6, 6.07) is 13.4. The van der Waals surface area contributed by atoms with Gasteiger partial charge in [0.05, 0.1) is 6.61 Å². The summed E-state index contributed by atoms with van der Waals surface area (Å²) in [5.41, 5.74) is 0.774. The second-order valence-corrected chi connectivity index (χ2v) is 15.0. The van der Waals surface area contributed by atoms with Crippen LogP contribution in [0.2, 0.25) is 0 Å². The molecule has 3 aromatic rings. The largest absolute Gasteiger partial charge is 0.458 e. The molecule has 1 aliphatic rings. The number of aliphatic hydroxyl groups is 2. The second-order valence-electron chi connectivity index (χ2n) is 15.0. The van der Waals surface area contributed by atoms with Gasteiger partial charge in [-0.2, -0.15) is 4.98 Å². The molecular formula is C39H50N4O10. The average molecular weight is 735 g/mol. The molecule has 4 atom stereocenters. The quantitative estimate of drug-likeness (QED) is 0.140. The molecule has 2 aromatic carbocycles. The van der Waals surface area contributed by atoms with Crippen molar-refractivity contribution in [3.05, 3.63) is 87.5 Å². The lowest BCUT2D eigenvalue weighted by Crippen LogP contribution is -2.45. The van der Waals surface area contributed by atoms with Crippen LogP contribution in [0.25, 0.3) is 0 Å². The Morgan fingerprint density at radius 3 is 2.32 bits per heavy atom. The van der Waals surface area contributed by atoms with Gasteiger partial charge in [0.15, 0.2) is 6.23 Å². The van der Waals surface area contributed by atoms with E-state index in [2.05, 4.69) is 15.6 Å². The van der Waals surface area contributed by atoms with Gasteiger partial charge in [0.1, 0.15) is 35.4 Å². The van der Waals surface area contributed by atoms with Crippen LogP contribution in [0.3, 0.4) is 0 Å². The van der Waals surface area contributed by atoms with Crippen LogP contribution in [0.15, 0.2) is 59.5 Å². The molecule has 2 heterocycles. The van der Waals surface area contributed by atoms with E-state index in [4.69, 9.17) is 14.2 Å². The highest BCUT2D eigenvalue weighted by Gasteiger charge is 2.37. The van der Waals surface area contributed by atoms with E-state index in [0.717, 1.165) is 21.3 Å². The number of carbonyl (C=O) groups excluding carboxylic acids is 4. The zero-order valence-corrected chi connectivity index (χ0v) is 31.3. The molecule has 1 aromatic heterocycles. The number of esters is 2. The third-order valence-electron chi connectivity index (χ3n) is 8.54. The molecule has 286 valence electrons. The monoisotopic (exact) mass is 734 g/mol. The first-order chi connectivity index (χ1) is 24.8. The van der Waals surface area contributed by atoms with Crippen LogP contribution in [-0.4, -0.2) is 74.0 Å². The number of aryl methyl sites for hydroxylation is 2. The number of anilines is 1. The number of aromatic nitrogens is 2. The predicted molar refractivity (Wildman–Crippen MR) is 195 cm³/mol. The van der Waals surface area contributed by atoms with E-state index in [1.807, 2.05) is 64.1 Å². The van der Waals surface area contributed by atoms with Crippen molar-refractivity contribution in [3.63, 3.8) is 0 Å². The lowest BCUT2D eigenvalue weighted by Gasteiger charge is -2.29. The van der Waals surface area contributed by atoms with Crippen molar-refractivity contribution in [2.24, 2.45) is 0 Å². The maximum absolute atomic E-state index is 13.2. The molecule has 53 heavy (non-hydrogen) atoms. The molecule has 2 amide bonds. The maximum Gasteiger partial charge on any atom is 0.351 e. The third-order valence-corrected chi connectivity index (χ3v) is 8.54. The Bertz CT molecular complexity index is 1850. The van der Waals surface area contributed by atoms with E-state index in [-0.39, 0.29) is 44.5 Å². The number of rotatable bonds is 14. The number of ether oxygens (including phenoxy) is 3. The van der Waals surface area contributed by atoms with Crippen LogP contribution in [0.1, 0.15) is 88.8 Å². The molecule has 14 nitrogen and oxygen atoms in total. The first kappa shape index (κ1) is 40.8. The summed E-state index contributed by atoms with van der Waals surface area (Å²) in [7, 11) is 0. The van der Waals surface area contributed by atoms with Gasteiger partial charge in [-0.3, -0.25) is 19.0 Å². The smallest absolute Gasteiger partial charge is 0.351 e. The average Bonchev–Trinajstić information content (AvgIpc) is 3.36. The highest BCUT2D eigenvalue weighted by atomic mass is 16.6. The summed E-state index contributed by atoms with van der Waals surface area (Å²) in [5, 5.41) is 25.2.